The van der Waals surface area contributed by atoms with Crippen molar-refractivity contribution >= 4 is 33.3 Å². The first kappa shape index (κ1) is 14.5. The predicted octanol–water partition coefficient (Wildman–Crippen LogP) is 2.03. The second kappa shape index (κ2) is 5.40. The molecule has 1 fully saturated rings. The largest absolute Gasteiger partial charge is 0.388 e. The van der Waals surface area contributed by atoms with Gasteiger partial charge in [0.2, 0.25) is 5.95 Å². The molecular weight excluding hydrogens is 286 g/mol. The van der Waals surface area contributed by atoms with Crippen LogP contribution in [0.15, 0.2) is 6.07 Å². The predicted molar refractivity (Wildman–Crippen MR) is 86.6 cm³/mol. The number of likely N-dealkylation sites (N-methyl/N-ethyl adjacent to an activating group) is 1. The summed E-state index contributed by atoms with van der Waals surface area (Å²) in [6.07, 6.45) is 3.90. The lowest BCUT2D eigenvalue weighted by molar-refractivity contribution is 0.0558. The summed E-state index contributed by atoms with van der Waals surface area (Å²) in [5.41, 5.74) is 1.92. The molecule has 2 aromatic heterocycles. The fourth-order valence-corrected chi connectivity index (χ4v) is 3.96. The molecule has 2 heterocycles. The molecule has 7 heteroatoms. The monoisotopic (exact) mass is 307 g/mol. The van der Waals surface area contributed by atoms with Crippen molar-refractivity contribution in [3.8, 4) is 0 Å². The number of thiophene rings is 1. The fourth-order valence-electron chi connectivity index (χ4n) is 3.09. The van der Waals surface area contributed by atoms with Crippen molar-refractivity contribution in [3.63, 3.8) is 0 Å². The van der Waals surface area contributed by atoms with Crippen molar-refractivity contribution in [2.24, 2.45) is 5.84 Å². The van der Waals surface area contributed by atoms with Crippen LogP contribution in [0.3, 0.4) is 0 Å². The Labute approximate surface area is 128 Å². The Bertz CT molecular complexity index is 650. The highest BCUT2D eigenvalue weighted by Gasteiger charge is 2.33. The Kier molecular flexibility index (Phi) is 3.73. The van der Waals surface area contributed by atoms with Gasteiger partial charge in [0.25, 0.3) is 0 Å². The standard InChI is InChI=1S/C14H21N5OS/c1-9-7-10-11(16-13(18-15)17-12(10)21-9)19(2)8-14(20)5-3-4-6-14/h7,20H,3-6,8,15H2,1-2H3,(H,16,17,18). The third kappa shape index (κ3) is 2.81. The lowest BCUT2D eigenvalue weighted by atomic mass is 10.0. The summed E-state index contributed by atoms with van der Waals surface area (Å²) in [5.74, 6) is 6.69. The molecule has 0 spiro atoms. The summed E-state index contributed by atoms with van der Waals surface area (Å²) in [4.78, 5) is 13.0. The van der Waals surface area contributed by atoms with E-state index in [4.69, 9.17) is 5.84 Å². The highest BCUT2D eigenvalue weighted by atomic mass is 32.1. The van der Waals surface area contributed by atoms with Gasteiger partial charge in [0.15, 0.2) is 0 Å². The normalized spacial score (nSPS) is 17.3. The number of nitrogen functional groups attached to an aromatic ring is 1. The van der Waals surface area contributed by atoms with Crippen LogP contribution < -0.4 is 16.2 Å². The number of anilines is 2. The van der Waals surface area contributed by atoms with Gasteiger partial charge in [0, 0.05) is 18.5 Å². The number of nitrogens with two attached hydrogens (primary N) is 1. The zero-order valence-corrected chi connectivity index (χ0v) is 13.2. The molecule has 0 unspecified atom stereocenters. The van der Waals surface area contributed by atoms with Crippen molar-refractivity contribution in [3.05, 3.63) is 10.9 Å². The van der Waals surface area contributed by atoms with Crippen LogP contribution in [0, 0.1) is 6.92 Å². The zero-order chi connectivity index (χ0) is 15.0. The topological polar surface area (TPSA) is 87.3 Å². The molecule has 0 aromatic carbocycles. The average molecular weight is 307 g/mol. The van der Waals surface area contributed by atoms with E-state index in [1.807, 2.05) is 11.9 Å². The zero-order valence-electron chi connectivity index (χ0n) is 12.4. The molecule has 0 bridgehead atoms. The molecule has 1 saturated carbocycles. The summed E-state index contributed by atoms with van der Waals surface area (Å²) in [6, 6.07) is 2.09. The molecule has 2 aromatic rings. The maximum absolute atomic E-state index is 10.6. The molecule has 0 aliphatic heterocycles. The Morgan fingerprint density at radius 2 is 2.14 bits per heavy atom. The number of aromatic nitrogens is 2. The fraction of sp³-hybridized carbons (Fsp3) is 0.571. The number of rotatable bonds is 4. The second-order valence-corrected chi connectivity index (χ2v) is 7.11. The molecule has 1 aliphatic rings. The first-order chi connectivity index (χ1) is 10.0. The van der Waals surface area contributed by atoms with Crippen LogP contribution in [0.5, 0.6) is 0 Å². The molecular formula is C14H21N5OS. The summed E-state index contributed by atoms with van der Waals surface area (Å²) >= 11 is 1.62. The Morgan fingerprint density at radius 3 is 2.81 bits per heavy atom. The summed E-state index contributed by atoms with van der Waals surface area (Å²) in [7, 11) is 1.96. The maximum Gasteiger partial charge on any atom is 0.240 e. The van der Waals surface area contributed by atoms with Gasteiger partial charge in [-0.25, -0.2) is 10.8 Å². The third-order valence-electron chi connectivity index (χ3n) is 4.05. The first-order valence-electron chi connectivity index (χ1n) is 7.19. The number of nitrogens with zero attached hydrogens (tertiary/aromatic N) is 3. The molecule has 21 heavy (non-hydrogen) atoms. The van der Waals surface area contributed by atoms with Crippen LogP contribution in [0.1, 0.15) is 30.6 Å². The molecule has 4 N–H and O–H groups in total. The lowest BCUT2D eigenvalue weighted by Crippen LogP contribution is -2.39. The average Bonchev–Trinajstić information content (AvgIpc) is 3.02. The molecule has 0 atom stereocenters. The third-order valence-corrected chi connectivity index (χ3v) is 5.00. The van der Waals surface area contributed by atoms with Gasteiger partial charge in [-0.1, -0.05) is 12.8 Å². The van der Waals surface area contributed by atoms with Crippen molar-refractivity contribution in [1.29, 1.82) is 0 Å². The van der Waals surface area contributed by atoms with Crippen LogP contribution in [-0.2, 0) is 0 Å². The minimum Gasteiger partial charge on any atom is -0.388 e. The molecule has 0 radical (unpaired) electrons. The van der Waals surface area contributed by atoms with Gasteiger partial charge < -0.3 is 10.0 Å². The highest BCUT2D eigenvalue weighted by Crippen LogP contribution is 2.34. The molecule has 0 saturated heterocycles. The first-order valence-corrected chi connectivity index (χ1v) is 8.01. The number of nitrogens with one attached hydrogen (secondary N) is 1. The van der Waals surface area contributed by atoms with E-state index in [9.17, 15) is 5.11 Å². The number of hydrogen-bond donors (Lipinski definition) is 3. The van der Waals surface area contributed by atoms with Crippen molar-refractivity contribution < 1.29 is 5.11 Å². The number of hydrogen-bond acceptors (Lipinski definition) is 7. The van der Waals surface area contributed by atoms with E-state index in [0.29, 0.717) is 12.5 Å². The van der Waals surface area contributed by atoms with E-state index in [-0.39, 0.29) is 0 Å². The molecule has 3 rings (SSSR count). The summed E-state index contributed by atoms with van der Waals surface area (Å²) in [5, 5.41) is 11.6. The Hall–Kier alpha value is -1.44. The van der Waals surface area contributed by atoms with E-state index in [1.165, 1.54) is 4.88 Å². The second-order valence-electron chi connectivity index (χ2n) is 5.88. The van der Waals surface area contributed by atoms with Crippen LogP contribution in [0.2, 0.25) is 0 Å². The van der Waals surface area contributed by atoms with Crippen molar-refractivity contribution in [2.75, 3.05) is 23.9 Å². The van der Waals surface area contributed by atoms with E-state index in [1.54, 1.807) is 11.3 Å². The summed E-state index contributed by atoms with van der Waals surface area (Å²) < 4.78 is 0. The maximum atomic E-state index is 10.6. The highest BCUT2D eigenvalue weighted by molar-refractivity contribution is 7.18. The van der Waals surface area contributed by atoms with Gasteiger partial charge in [-0.05, 0) is 25.8 Å². The minimum atomic E-state index is -0.604. The van der Waals surface area contributed by atoms with E-state index >= 15 is 0 Å². The Morgan fingerprint density at radius 1 is 1.43 bits per heavy atom. The molecule has 0 amide bonds. The number of aliphatic hydroxyl groups is 1. The molecule has 6 nitrogen and oxygen atoms in total. The number of hydrazine groups is 1. The van der Waals surface area contributed by atoms with E-state index in [0.717, 1.165) is 41.7 Å². The van der Waals surface area contributed by atoms with Gasteiger partial charge in [0.05, 0.1) is 11.0 Å². The van der Waals surface area contributed by atoms with Crippen LogP contribution in [0.25, 0.3) is 10.2 Å². The SMILES string of the molecule is Cc1cc2c(N(C)CC3(O)CCCC3)nc(NN)nc2s1. The Balaban J connectivity index is 1.97. The van der Waals surface area contributed by atoms with Crippen LogP contribution in [-0.4, -0.2) is 34.3 Å². The summed E-state index contributed by atoms with van der Waals surface area (Å²) in [6.45, 7) is 2.63. The smallest absolute Gasteiger partial charge is 0.240 e. The number of aryl methyl sites for hydroxylation is 1. The van der Waals surface area contributed by atoms with Gasteiger partial charge in [-0.15, -0.1) is 11.3 Å². The molecule has 1 aliphatic carbocycles. The van der Waals surface area contributed by atoms with Gasteiger partial charge in [-0.3, -0.25) is 5.43 Å². The quantitative estimate of drug-likeness (QED) is 0.592. The molecule has 114 valence electrons. The van der Waals surface area contributed by atoms with Gasteiger partial charge in [-0.2, -0.15) is 4.98 Å². The van der Waals surface area contributed by atoms with Crippen LogP contribution >= 0.6 is 11.3 Å². The van der Waals surface area contributed by atoms with Gasteiger partial charge in [0.1, 0.15) is 10.6 Å². The lowest BCUT2D eigenvalue weighted by Gasteiger charge is -2.29. The van der Waals surface area contributed by atoms with Crippen molar-refractivity contribution in [2.45, 2.75) is 38.2 Å². The minimum absolute atomic E-state index is 0.407. The van der Waals surface area contributed by atoms with E-state index < -0.39 is 5.60 Å². The van der Waals surface area contributed by atoms with E-state index in [2.05, 4.69) is 28.4 Å². The number of fused-ring (bicyclic) bond motifs is 1. The van der Waals surface area contributed by atoms with Gasteiger partial charge >= 0.3 is 0 Å². The van der Waals surface area contributed by atoms with Crippen LogP contribution in [0.4, 0.5) is 11.8 Å². The van der Waals surface area contributed by atoms with Crippen molar-refractivity contribution in [1.82, 2.24) is 9.97 Å².